The van der Waals surface area contributed by atoms with Crippen molar-refractivity contribution < 1.29 is 8.78 Å². The van der Waals surface area contributed by atoms with Crippen LogP contribution < -0.4 is 0 Å². The van der Waals surface area contributed by atoms with Crippen molar-refractivity contribution in [1.82, 2.24) is 9.55 Å². The summed E-state index contributed by atoms with van der Waals surface area (Å²) in [5, 5.41) is 0. The fourth-order valence-electron chi connectivity index (χ4n) is 1.56. The van der Waals surface area contributed by atoms with Crippen LogP contribution in [-0.4, -0.2) is 9.55 Å². The van der Waals surface area contributed by atoms with Gasteiger partial charge >= 0.3 is 0 Å². The summed E-state index contributed by atoms with van der Waals surface area (Å²) in [7, 11) is 0. The van der Waals surface area contributed by atoms with Crippen molar-refractivity contribution in [3.05, 3.63) is 53.1 Å². The van der Waals surface area contributed by atoms with Crippen LogP contribution in [0.5, 0.6) is 0 Å². The minimum atomic E-state index is -0.813. The molecule has 2 aromatic rings. The summed E-state index contributed by atoms with van der Waals surface area (Å²) in [5.74, 6) is -1.60. The van der Waals surface area contributed by atoms with Gasteiger partial charge in [-0.15, -0.1) is 0 Å². The van der Waals surface area contributed by atoms with Gasteiger partial charge in [-0.2, -0.15) is 0 Å². The van der Waals surface area contributed by atoms with E-state index in [9.17, 15) is 8.78 Å². The molecule has 1 heterocycles. The van der Waals surface area contributed by atoms with Crippen molar-refractivity contribution >= 4 is 0 Å². The highest BCUT2D eigenvalue weighted by Crippen LogP contribution is 2.14. The van der Waals surface area contributed by atoms with Gasteiger partial charge in [0.2, 0.25) is 0 Å². The molecule has 4 heteroatoms. The van der Waals surface area contributed by atoms with E-state index in [1.54, 1.807) is 17.0 Å². The van der Waals surface area contributed by atoms with Crippen LogP contribution in [0.25, 0.3) is 0 Å². The number of nitrogens with zero attached hydrogens (tertiary/aromatic N) is 2. The third-order valence-electron chi connectivity index (χ3n) is 2.72. The van der Waals surface area contributed by atoms with E-state index in [1.165, 1.54) is 6.07 Å². The van der Waals surface area contributed by atoms with E-state index in [2.05, 4.69) is 4.98 Å². The van der Waals surface area contributed by atoms with E-state index in [0.29, 0.717) is 12.1 Å². The lowest BCUT2D eigenvalue weighted by atomic mass is 10.2. The smallest absolute Gasteiger partial charge is 0.163 e. The van der Waals surface area contributed by atoms with Crippen molar-refractivity contribution in [2.24, 2.45) is 0 Å². The Morgan fingerprint density at radius 3 is 2.62 bits per heavy atom. The average Bonchev–Trinajstić information content (AvgIpc) is 2.57. The van der Waals surface area contributed by atoms with Crippen molar-refractivity contribution in [2.75, 3.05) is 0 Å². The van der Waals surface area contributed by atoms with Crippen LogP contribution in [-0.2, 0) is 6.54 Å². The van der Waals surface area contributed by atoms with Crippen LogP contribution in [0.4, 0.5) is 8.78 Å². The largest absolute Gasteiger partial charge is 0.330 e. The molecule has 0 atom stereocenters. The number of hydrogen-bond donors (Lipinski definition) is 0. The highest BCUT2D eigenvalue weighted by Gasteiger charge is 2.09. The Morgan fingerprint density at radius 2 is 2.00 bits per heavy atom. The predicted molar refractivity (Wildman–Crippen MR) is 57.2 cm³/mol. The fourth-order valence-corrected chi connectivity index (χ4v) is 1.56. The Kier molecular flexibility index (Phi) is 2.73. The van der Waals surface area contributed by atoms with Crippen molar-refractivity contribution in [3.63, 3.8) is 0 Å². The van der Waals surface area contributed by atoms with Crippen LogP contribution in [0.15, 0.2) is 24.5 Å². The standard InChI is InChI=1S/C12H12F2N2/c1-8-9(2)16(7-15-8)6-10-4-3-5-11(13)12(10)14/h3-5,7H,6H2,1-2H3. The van der Waals surface area contributed by atoms with Crippen LogP contribution in [0, 0.1) is 25.5 Å². The van der Waals surface area contributed by atoms with Crippen molar-refractivity contribution in [1.29, 1.82) is 0 Å². The maximum atomic E-state index is 13.4. The zero-order valence-electron chi connectivity index (χ0n) is 9.17. The van der Waals surface area contributed by atoms with Gasteiger partial charge in [0, 0.05) is 11.3 Å². The summed E-state index contributed by atoms with van der Waals surface area (Å²) < 4.78 is 28.2. The maximum Gasteiger partial charge on any atom is 0.163 e. The monoisotopic (exact) mass is 222 g/mol. The van der Waals surface area contributed by atoms with Crippen LogP contribution >= 0.6 is 0 Å². The number of rotatable bonds is 2. The third-order valence-corrected chi connectivity index (χ3v) is 2.72. The summed E-state index contributed by atoms with van der Waals surface area (Å²) in [6.07, 6.45) is 1.63. The SMILES string of the molecule is Cc1ncn(Cc2cccc(F)c2F)c1C. The van der Waals surface area contributed by atoms with Gasteiger partial charge in [-0.25, -0.2) is 13.8 Å². The van der Waals surface area contributed by atoms with Crippen molar-refractivity contribution in [3.8, 4) is 0 Å². The van der Waals surface area contributed by atoms with Gasteiger partial charge in [-0.1, -0.05) is 12.1 Å². The molecule has 0 amide bonds. The molecule has 0 aliphatic heterocycles. The Bertz CT molecular complexity index is 518. The first-order valence-electron chi connectivity index (χ1n) is 5.01. The number of aryl methyl sites for hydroxylation is 1. The summed E-state index contributed by atoms with van der Waals surface area (Å²) in [6.45, 7) is 4.09. The van der Waals surface area contributed by atoms with Gasteiger partial charge in [0.05, 0.1) is 18.6 Å². The van der Waals surface area contributed by atoms with Gasteiger partial charge in [0.15, 0.2) is 11.6 Å². The summed E-state index contributed by atoms with van der Waals surface area (Å²) >= 11 is 0. The second-order valence-electron chi connectivity index (χ2n) is 3.76. The molecule has 16 heavy (non-hydrogen) atoms. The predicted octanol–water partition coefficient (Wildman–Crippen LogP) is 2.83. The molecule has 0 radical (unpaired) electrons. The molecule has 0 spiro atoms. The number of benzene rings is 1. The molecule has 0 saturated heterocycles. The topological polar surface area (TPSA) is 17.8 Å². The highest BCUT2D eigenvalue weighted by atomic mass is 19.2. The number of imidazole rings is 1. The molecule has 0 saturated carbocycles. The number of aromatic nitrogens is 2. The van der Waals surface area contributed by atoms with E-state index in [-0.39, 0.29) is 0 Å². The van der Waals surface area contributed by atoms with Gasteiger partial charge in [0.25, 0.3) is 0 Å². The van der Waals surface area contributed by atoms with Crippen molar-refractivity contribution in [2.45, 2.75) is 20.4 Å². The van der Waals surface area contributed by atoms with E-state index in [0.717, 1.165) is 17.5 Å². The fraction of sp³-hybridized carbons (Fsp3) is 0.250. The molecular weight excluding hydrogens is 210 g/mol. The Hall–Kier alpha value is -1.71. The van der Waals surface area contributed by atoms with Crippen LogP contribution in [0.3, 0.4) is 0 Å². The molecule has 0 aliphatic rings. The Balaban J connectivity index is 2.34. The first-order chi connectivity index (χ1) is 7.59. The van der Waals surface area contributed by atoms with E-state index >= 15 is 0 Å². The number of hydrogen-bond acceptors (Lipinski definition) is 1. The molecule has 0 aliphatic carbocycles. The van der Waals surface area contributed by atoms with Crippen LogP contribution in [0.1, 0.15) is 17.0 Å². The Morgan fingerprint density at radius 1 is 1.25 bits per heavy atom. The molecule has 0 unspecified atom stereocenters. The minimum absolute atomic E-state index is 0.302. The summed E-state index contributed by atoms with van der Waals surface area (Å²) in [6, 6.07) is 4.20. The summed E-state index contributed by atoms with van der Waals surface area (Å²) in [5.41, 5.74) is 2.20. The zero-order valence-corrected chi connectivity index (χ0v) is 9.17. The highest BCUT2D eigenvalue weighted by molar-refractivity contribution is 5.20. The molecule has 0 N–H and O–H groups in total. The van der Waals surface area contributed by atoms with E-state index < -0.39 is 11.6 Å². The number of halogens is 2. The van der Waals surface area contributed by atoms with E-state index in [1.807, 2.05) is 13.8 Å². The molecule has 1 aromatic heterocycles. The summed E-state index contributed by atoms with van der Waals surface area (Å²) in [4.78, 5) is 4.11. The molecule has 1 aromatic carbocycles. The first kappa shape index (κ1) is 10.8. The lowest BCUT2D eigenvalue weighted by molar-refractivity contribution is 0.495. The van der Waals surface area contributed by atoms with E-state index in [4.69, 9.17) is 0 Å². The maximum absolute atomic E-state index is 13.4. The third kappa shape index (κ3) is 1.83. The van der Waals surface area contributed by atoms with Crippen LogP contribution in [0.2, 0.25) is 0 Å². The second kappa shape index (κ2) is 4.04. The molecule has 2 nitrogen and oxygen atoms in total. The molecule has 84 valence electrons. The minimum Gasteiger partial charge on any atom is -0.330 e. The van der Waals surface area contributed by atoms with Gasteiger partial charge < -0.3 is 4.57 Å². The zero-order chi connectivity index (χ0) is 11.7. The van der Waals surface area contributed by atoms with Gasteiger partial charge in [0.1, 0.15) is 0 Å². The molecule has 0 bridgehead atoms. The first-order valence-corrected chi connectivity index (χ1v) is 5.01. The lowest BCUT2D eigenvalue weighted by Gasteiger charge is -2.07. The normalized spacial score (nSPS) is 10.8. The Labute approximate surface area is 92.6 Å². The molecule has 2 rings (SSSR count). The average molecular weight is 222 g/mol. The molecule has 0 fully saturated rings. The van der Waals surface area contributed by atoms with Gasteiger partial charge in [-0.3, -0.25) is 0 Å². The lowest BCUT2D eigenvalue weighted by Crippen LogP contribution is -2.04. The quantitative estimate of drug-likeness (QED) is 0.764. The molecular formula is C12H12F2N2. The van der Waals surface area contributed by atoms with Gasteiger partial charge in [-0.05, 0) is 19.9 Å². The second-order valence-corrected chi connectivity index (χ2v) is 3.76.